The molecule has 0 aliphatic carbocycles. The van der Waals surface area contributed by atoms with Gasteiger partial charge in [0.2, 0.25) is 0 Å². The third-order valence-corrected chi connectivity index (χ3v) is 5.69. The molecular formula is C24H21N5O4. The van der Waals surface area contributed by atoms with Gasteiger partial charge in [0.05, 0.1) is 12.8 Å². The van der Waals surface area contributed by atoms with Gasteiger partial charge in [-0.05, 0) is 36.4 Å². The first-order valence-corrected chi connectivity index (χ1v) is 10.5. The summed E-state index contributed by atoms with van der Waals surface area (Å²) in [5, 5.41) is 9.30. The van der Waals surface area contributed by atoms with Gasteiger partial charge in [-0.2, -0.15) is 0 Å². The van der Waals surface area contributed by atoms with Crippen molar-refractivity contribution in [3.63, 3.8) is 0 Å². The van der Waals surface area contributed by atoms with Crippen LogP contribution in [0.1, 0.15) is 10.4 Å². The summed E-state index contributed by atoms with van der Waals surface area (Å²) in [7, 11) is 1.50. The molecule has 4 aromatic rings. The molecule has 0 radical (unpaired) electrons. The maximum atomic E-state index is 13.0. The summed E-state index contributed by atoms with van der Waals surface area (Å²) in [4.78, 5) is 33.3. The van der Waals surface area contributed by atoms with Crippen molar-refractivity contribution < 1.29 is 13.9 Å². The van der Waals surface area contributed by atoms with E-state index in [2.05, 4.69) is 20.1 Å². The second kappa shape index (κ2) is 8.70. The fourth-order valence-electron chi connectivity index (χ4n) is 3.91. The molecule has 5 rings (SSSR count). The van der Waals surface area contributed by atoms with E-state index in [1.165, 1.54) is 7.11 Å². The maximum Gasteiger partial charge on any atom is 0.349 e. The Bertz CT molecular complexity index is 1350. The molecule has 4 heterocycles. The van der Waals surface area contributed by atoms with Crippen LogP contribution in [0.15, 0.2) is 70.1 Å². The summed E-state index contributed by atoms with van der Waals surface area (Å²) in [6.45, 7) is 2.09. The van der Waals surface area contributed by atoms with Crippen molar-refractivity contribution in [1.29, 1.82) is 0 Å². The van der Waals surface area contributed by atoms with Crippen LogP contribution >= 0.6 is 0 Å². The van der Waals surface area contributed by atoms with E-state index in [1.807, 2.05) is 24.3 Å². The number of anilines is 1. The number of amides is 1. The molecule has 0 bridgehead atoms. The molecule has 0 N–H and O–H groups in total. The van der Waals surface area contributed by atoms with Gasteiger partial charge >= 0.3 is 5.63 Å². The first-order chi connectivity index (χ1) is 16.1. The van der Waals surface area contributed by atoms with Crippen LogP contribution in [0.2, 0.25) is 0 Å². The zero-order valence-corrected chi connectivity index (χ0v) is 18.0. The van der Waals surface area contributed by atoms with Gasteiger partial charge in [-0.25, -0.2) is 4.79 Å². The quantitative estimate of drug-likeness (QED) is 0.444. The van der Waals surface area contributed by atoms with Gasteiger partial charge in [0.1, 0.15) is 5.56 Å². The Balaban J connectivity index is 1.29. The van der Waals surface area contributed by atoms with Crippen molar-refractivity contribution in [3.8, 4) is 17.0 Å². The molecule has 0 saturated carbocycles. The highest BCUT2D eigenvalue weighted by atomic mass is 16.5. The number of nitrogens with zero attached hydrogens (tertiary/aromatic N) is 5. The summed E-state index contributed by atoms with van der Waals surface area (Å²) in [6, 6.07) is 14.5. The number of para-hydroxylation sites is 1. The largest absolute Gasteiger partial charge is 0.493 e. The van der Waals surface area contributed by atoms with E-state index in [0.29, 0.717) is 42.9 Å². The minimum Gasteiger partial charge on any atom is -0.493 e. The Kier molecular flexibility index (Phi) is 5.43. The third kappa shape index (κ3) is 4.00. The molecule has 0 unspecified atom stereocenters. The molecule has 3 aromatic heterocycles. The second-order valence-corrected chi connectivity index (χ2v) is 7.62. The van der Waals surface area contributed by atoms with E-state index in [-0.39, 0.29) is 11.5 Å². The number of benzene rings is 1. The fraction of sp³-hybridized carbons (Fsp3) is 0.208. The van der Waals surface area contributed by atoms with Gasteiger partial charge in [0, 0.05) is 49.5 Å². The average molecular weight is 443 g/mol. The van der Waals surface area contributed by atoms with Crippen molar-refractivity contribution in [2.45, 2.75) is 0 Å². The fourth-order valence-corrected chi connectivity index (χ4v) is 3.91. The predicted molar refractivity (Wildman–Crippen MR) is 122 cm³/mol. The number of carbonyl (C=O) groups is 1. The molecular weight excluding hydrogens is 422 g/mol. The van der Waals surface area contributed by atoms with Crippen molar-refractivity contribution in [2.75, 3.05) is 38.2 Å². The van der Waals surface area contributed by atoms with Crippen LogP contribution in [0.5, 0.6) is 5.75 Å². The van der Waals surface area contributed by atoms with Crippen molar-refractivity contribution in [2.24, 2.45) is 0 Å². The minimum absolute atomic E-state index is 0.0192. The zero-order chi connectivity index (χ0) is 22.8. The smallest absolute Gasteiger partial charge is 0.349 e. The van der Waals surface area contributed by atoms with Crippen LogP contribution in [0.3, 0.4) is 0 Å². The number of ether oxygens (including phenoxy) is 1. The third-order valence-electron chi connectivity index (χ3n) is 5.69. The molecule has 1 aliphatic rings. The summed E-state index contributed by atoms with van der Waals surface area (Å²) in [5.41, 5.74) is 1.41. The van der Waals surface area contributed by atoms with Crippen molar-refractivity contribution >= 4 is 22.7 Å². The SMILES string of the molecule is COc1cccc2cc(C(=O)N3CCN(c4ccc(-c5ccncc5)nn4)CC3)c(=O)oc12. The van der Waals surface area contributed by atoms with Gasteiger partial charge in [-0.3, -0.25) is 9.78 Å². The lowest BCUT2D eigenvalue weighted by Gasteiger charge is -2.35. The van der Waals surface area contributed by atoms with Gasteiger partial charge in [-0.1, -0.05) is 12.1 Å². The van der Waals surface area contributed by atoms with Crippen molar-refractivity contribution in [3.05, 3.63) is 76.9 Å². The first kappa shape index (κ1) is 20.6. The van der Waals surface area contributed by atoms with Crippen LogP contribution in [0, 0.1) is 0 Å². The standard InChI is InChI=1S/C24H21N5O4/c1-32-20-4-2-3-17-15-18(24(31)33-22(17)20)23(30)29-13-11-28(12-14-29)21-6-5-19(26-27-21)16-7-9-25-10-8-16/h2-10,15H,11-14H2,1H3. The van der Waals surface area contributed by atoms with E-state index in [4.69, 9.17) is 9.15 Å². The Morgan fingerprint density at radius 2 is 1.79 bits per heavy atom. The normalized spacial score (nSPS) is 13.8. The number of hydrogen-bond acceptors (Lipinski definition) is 8. The maximum absolute atomic E-state index is 13.0. The van der Waals surface area contributed by atoms with Gasteiger partial charge in [0.15, 0.2) is 17.2 Å². The molecule has 1 aliphatic heterocycles. The van der Waals surface area contributed by atoms with Gasteiger partial charge < -0.3 is 19.0 Å². The highest BCUT2D eigenvalue weighted by Gasteiger charge is 2.26. The Hall–Kier alpha value is -4.27. The number of rotatable bonds is 4. The van der Waals surface area contributed by atoms with Crippen molar-refractivity contribution in [1.82, 2.24) is 20.1 Å². The number of methoxy groups -OCH3 is 1. The van der Waals surface area contributed by atoms with Crippen LogP contribution in [-0.2, 0) is 0 Å². The molecule has 33 heavy (non-hydrogen) atoms. The minimum atomic E-state index is -0.669. The number of fused-ring (bicyclic) bond motifs is 1. The summed E-state index contributed by atoms with van der Waals surface area (Å²) < 4.78 is 10.6. The highest BCUT2D eigenvalue weighted by Crippen LogP contribution is 2.25. The molecule has 0 spiro atoms. The summed E-state index contributed by atoms with van der Waals surface area (Å²) >= 11 is 0. The van der Waals surface area contributed by atoms with Gasteiger partial charge in [-0.15, -0.1) is 10.2 Å². The summed E-state index contributed by atoms with van der Waals surface area (Å²) in [6.07, 6.45) is 3.43. The highest BCUT2D eigenvalue weighted by molar-refractivity contribution is 5.97. The van der Waals surface area contributed by atoms with Crippen LogP contribution in [-0.4, -0.2) is 59.3 Å². The van der Waals surface area contributed by atoms with E-state index in [9.17, 15) is 9.59 Å². The Morgan fingerprint density at radius 1 is 1.00 bits per heavy atom. The monoisotopic (exact) mass is 443 g/mol. The van der Waals surface area contributed by atoms with E-state index >= 15 is 0 Å². The number of hydrogen-bond donors (Lipinski definition) is 0. The topological polar surface area (TPSA) is 102 Å². The predicted octanol–water partition coefficient (Wildman–Crippen LogP) is 2.62. The molecule has 0 atom stereocenters. The lowest BCUT2D eigenvalue weighted by atomic mass is 10.1. The number of carbonyl (C=O) groups excluding carboxylic acids is 1. The van der Waals surface area contributed by atoms with Crippen LogP contribution in [0.4, 0.5) is 5.82 Å². The molecule has 1 aromatic carbocycles. The Labute approximate surface area is 189 Å². The number of pyridine rings is 1. The Morgan fingerprint density at radius 3 is 2.48 bits per heavy atom. The van der Waals surface area contributed by atoms with E-state index < -0.39 is 5.63 Å². The number of aromatic nitrogens is 3. The van der Waals surface area contributed by atoms with Crippen LogP contribution < -0.4 is 15.3 Å². The number of piperazine rings is 1. The molecule has 166 valence electrons. The average Bonchev–Trinajstić information content (AvgIpc) is 2.88. The zero-order valence-electron chi connectivity index (χ0n) is 18.0. The first-order valence-electron chi connectivity index (χ1n) is 10.5. The van der Waals surface area contributed by atoms with Gasteiger partial charge in [0.25, 0.3) is 5.91 Å². The molecule has 9 heteroatoms. The second-order valence-electron chi connectivity index (χ2n) is 7.62. The van der Waals surface area contributed by atoms with Crippen LogP contribution in [0.25, 0.3) is 22.2 Å². The molecule has 1 fully saturated rings. The van der Waals surface area contributed by atoms with E-state index in [1.54, 1.807) is 41.6 Å². The lowest BCUT2D eigenvalue weighted by molar-refractivity contribution is 0.0742. The molecule has 1 amide bonds. The lowest BCUT2D eigenvalue weighted by Crippen LogP contribution is -2.49. The summed E-state index contributed by atoms with van der Waals surface area (Å²) in [5.74, 6) is 0.859. The van der Waals surface area contributed by atoms with E-state index in [0.717, 1.165) is 17.1 Å². The molecule has 1 saturated heterocycles. The molecule has 9 nitrogen and oxygen atoms in total.